The lowest BCUT2D eigenvalue weighted by molar-refractivity contribution is -0.128. The van der Waals surface area contributed by atoms with Crippen LogP contribution in [0, 0.1) is 0 Å². The molecule has 164 valence electrons. The molecule has 2 aliphatic rings. The van der Waals surface area contributed by atoms with E-state index in [-0.39, 0.29) is 24.1 Å². The maximum absolute atomic E-state index is 12.7. The highest BCUT2D eigenvalue weighted by molar-refractivity contribution is 6.05. The van der Waals surface area contributed by atoms with Crippen molar-refractivity contribution < 1.29 is 19.1 Å². The number of fused-ring (bicyclic) bond motifs is 1. The number of nitrogens with one attached hydrogen (secondary N) is 1. The van der Waals surface area contributed by atoms with Gasteiger partial charge in [-0.15, -0.1) is 0 Å². The number of hydrogen-bond donors (Lipinski definition) is 1. The Labute approximate surface area is 178 Å². The Hall–Kier alpha value is -2.41. The van der Waals surface area contributed by atoms with Crippen molar-refractivity contribution in [2.24, 2.45) is 0 Å². The van der Waals surface area contributed by atoms with Gasteiger partial charge in [0.25, 0.3) is 5.91 Å². The Balaban J connectivity index is 1.57. The van der Waals surface area contributed by atoms with Crippen LogP contribution in [0.5, 0.6) is 5.75 Å². The van der Waals surface area contributed by atoms with E-state index in [9.17, 15) is 14.4 Å². The number of rotatable bonds is 10. The number of benzene rings is 1. The van der Waals surface area contributed by atoms with Crippen LogP contribution in [0.15, 0.2) is 18.2 Å². The van der Waals surface area contributed by atoms with E-state index in [0.29, 0.717) is 30.0 Å². The minimum Gasteiger partial charge on any atom is -0.479 e. The van der Waals surface area contributed by atoms with E-state index in [4.69, 9.17) is 4.74 Å². The van der Waals surface area contributed by atoms with Crippen molar-refractivity contribution in [3.05, 3.63) is 23.8 Å². The molecule has 0 aliphatic carbocycles. The zero-order chi connectivity index (χ0) is 21.5. The van der Waals surface area contributed by atoms with Crippen LogP contribution in [-0.4, -0.2) is 61.3 Å². The lowest BCUT2D eigenvalue weighted by Crippen LogP contribution is -2.49. The number of amides is 2. The van der Waals surface area contributed by atoms with Gasteiger partial charge in [0, 0.05) is 18.5 Å². The van der Waals surface area contributed by atoms with Crippen LogP contribution in [0.1, 0.15) is 62.7 Å². The lowest BCUT2D eigenvalue weighted by Gasteiger charge is -2.32. The molecule has 1 aromatic rings. The second-order valence-electron chi connectivity index (χ2n) is 8.15. The zero-order valence-corrected chi connectivity index (χ0v) is 18.1. The second kappa shape index (κ2) is 10.6. The summed E-state index contributed by atoms with van der Waals surface area (Å²) in [6.07, 6.45) is 5.09. The molecule has 1 N–H and O–H groups in total. The van der Waals surface area contributed by atoms with Gasteiger partial charge in [0.1, 0.15) is 12.3 Å². The van der Waals surface area contributed by atoms with Crippen molar-refractivity contribution in [3.63, 3.8) is 0 Å². The topological polar surface area (TPSA) is 79.0 Å². The van der Waals surface area contributed by atoms with Gasteiger partial charge in [0.15, 0.2) is 11.9 Å². The number of ketones is 1. The SMILES string of the molecule is CCCC(=O)c1ccc2c(c1)N(CC(=O)NCCCCN1CCCC1)C(=O)C(C)O2. The zero-order valence-electron chi connectivity index (χ0n) is 18.1. The molecular weight excluding hydrogens is 382 g/mol. The number of nitrogens with zero attached hydrogens (tertiary/aromatic N) is 2. The summed E-state index contributed by atoms with van der Waals surface area (Å²) in [5.41, 5.74) is 1.03. The van der Waals surface area contributed by atoms with Gasteiger partial charge < -0.3 is 15.0 Å². The predicted molar refractivity (Wildman–Crippen MR) is 116 cm³/mol. The van der Waals surface area contributed by atoms with Gasteiger partial charge in [-0.2, -0.15) is 0 Å². The average molecular weight is 416 g/mol. The number of unbranched alkanes of at least 4 members (excludes halogenated alkanes) is 1. The molecule has 1 aromatic carbocycles. The first kappa shape index (κ1) is 22.3. The van der Waals surface area contributed by atoms with Crippen molar-refractivity contribution >= 4 is 23.3 Å². The van der Waals surface area contributed by atoms with Crippen molar-refractivity contribution in [2.45, 2.75) is 58.5 Å². The molecule has 1 atom stereocenters. The number of hydrogen-bond acceptors (Lipinski definition) is 5. The Morgan fingerprint density at radius 1 is 1.20 bits per heavy atom. The largest absolute Gasteiger partial charge is 0.479 e. The van der Waals surface area contributed by atoms with Gasteiger partial charge in [0.05, 0.1) is 5.69 Å². The summed E-state index contributed by atoms with van der Waals surface area (Å²) in [7, 11) is 0. The molecule has 0 bridgehead atoms. The molecular formula is C23H33N3O4. The van der Waals surface area contributed by atoms with Crippen LogP contribution in [0.4, 0.5) is 5.69 Å². The lowest BCUT2D eigenvalue weighted by atomic mass is 10.0. The van der Waals surface area contributed by atoms with Gasteiger partial charge in [-0.05, 0) is 76.9 Å². The van der Waals surface area contributed by atoms with E-state index >= 15 is 0 Å². The van der Waals surface area contributed by atoms with Crippen LogP contribution in [0.2, 0.25) is 0 Å². The van der Waals surface area contributed by atoms with Gasteiger partial charge in [-0.3, -0.25) is 19.3 Å². The summed E-state index contributed by atoms with van der Waals surface area (Å²) in [5, 5.41) is 2.92. The smallest absolute Gasteiger partial charge is 0.268 e. The first-order valence-corrected chi connectivity index (χ1v) is 11.1. The van der Waals surface area contributed by atoms with Gasteiger partial charge in [0.2, 0.25) is 5.91 Å². The summed E-state index contributed by atoms with van der Waals surface area (Å²) in [6, 6.07) is 5.10. The van der Waals surface area contributed by atoms with Crippen molar-refractivity contribution in [3.8, 4) is 5.75 Å². The second-order valence-corrected chi connectivity index (χ2v) is 8.15. The normalized spacial score (nSPS) is 18.8. The number of carbonyl (C=O) groups excluding carboxylic acids is 3. The molecule has 0 saturated carbocycles. The van der Waals surface area contributed by atoms with Gasteiger partial charge >= 0.3 is 0 Å². The number of carbonyl (C=O) groups is 3. The molecule has 2 aliphatic heterocycles. The molecule has 0 spiro atoms. The Morgan fingerprint density at radius 3 is 2.70 bits per heavy atom. The third kappa shape index (κ3) is 5.59. The fourth-order valence-electron chi connectivity index (χ4n) is 4.01. The van der Waals surface area contributed by atoms with Crippen molar-refractivity contribution in [1.29, 1.82) is 0 Å². The van der Waals surface area contributed by atoms with Crippen molar-refractivity contribution in [1.82, 2.24) is 10.2 Å². The monoisotopic (exact) mass is 415 g/mol. The molecule has 1 unspecified atom stereocenters. The quantitative estimate of drug-likeness (QED) is 0.470. The molecule has 2 amide bonds. The molecule has 7 heteroatoms. The minimum absolute atomic E-state index is 0.0220. The van der Waals surface area contributed by atoms with E-state index in [1.807, 2.05) is 6.92 Å². The van der Waals surface area contributed by atoms with Crippen LogP contribution >= 0.6 is 0 Å². The standard InChI is InChI=1S/C23H33N3O4/c1-3-8-20(27)18-9-10-21-19(15-18)26(23(29)17(2)30-21)16-22(28)24-11-4-5-12-25-13-6-7-14-25/h9-10,15,17H,3-8,11-14,16H2,1-2H3,(H,24,28). The van der Waals surface area contributed by atoms with E-state index in [1.54, 1.807) is 25.1 Å². The summed E-state index contributed by atoms with van der Waals surface area (Å²) < 4.78 is 5.67. The Bertz CT molecular complexity index is 774. The van der Waals surface area contributed by atoms with Crippen LogP contribution < -0.4 is 15.0 Å². The highest BCUT2D eigenvalue weighted by atomic mass is 16.5. The molecule has 7 nitrogen and oxygen atoms in total. The average Bonchev–Trinajstić information content (AvgIpc) is 3.24. The first-order valence-electron chi connectivity index (χ1n) is 11.1. The molecule has 30 heavy (non-hydrogen) atoms. The fraction of sp³-hybridized carbons (Fsp3) is 0.609. The highest BCUT2D eigenvalue weighted by Gasteiger charge is 2.33. The first-order chi connectivity index (χ1) is 14.5. The summed E-state index contributed by atoms with van der Waals surface area (Å²) in [5.74, 6) is 0.0731. The van der Waals surface area contributed by atoms with E-state index in [0.717, 1.165) is 25.8 Å². The number of ether oxygens (including phenoxy) is 1. The molecule has 1 fully saturated rings. The maximum atomic E-state index is 12.7. The Kier molecular flexibility index (Phi) is 7.85. The number of anilines is 1. The molecule has 3 rings (SSSR count). The molecule has 2 heterocycles. The number of likely N-dealkylation sites (tertiary alicyclic amines) is 1. The van der Waals surface area contributed by atoms with E-state index in [1.165, 1.54) is 30.8 Å². The highest BCUT2D eigenvalue weighted by Crippen LogP contribution is 2.35. The summed E-state index contributed by atoms with van der Waals surface area (Å²) >= 11 is 0. The number of Topliss-reactive ketones (excluding diaryl/α,β-unsaturated/α-hetero) is 1. The van der Waals surface area contributed by atoms with E-state index < -0.39 is 6.10 Å². The van der Waals surface area contributed by atoms with Crippen LogP contribution in [0.3, 0.4) is 0 Å². The summed E-state index contributed by atoms with van der Waals surface area (Å²) in [6.45, 7) is 7.60. The van der Waals surface area contributed by atoms with Crippen LogP contribution in [0.25, 0.3) is 0 Å². The molecule has 0 aromatic heterocycles. The molecule has 1 saturated heterocycles. The predicted octanol–water partition coefficient (Wildman–Crippen LogP) is 2.78. The van der Waals surface area contributed by atoms with E-state index in [2.05, 4.69) is 10.2 Å². The van der Waals surface area contributed by atoms with Crippen LogP contribution in [-0.2, 0) is 9.59 Å². The third-order valence-electron chi connectivity index (χ3n) is 5.69. The summed E-state index contributed by atoms with van der Waals surface area (Å²) in [4.78, 5) is 41.3. The van der Waals surface area contributed by atoms with Gasteiger partial charge in [-0.25, -0.2) is 0 Å². The minimum atomic E-state index is -0.664. The Morgan fingerprint density at radius 2 is 1.97 bits per heavy atom. The third-order valence-corrected chi connectivity index (χ3v) is 5.69. The van der Waals surface area contributed by atoms with Gasteiger partial charge in [-0.1, -0.05) is 6.92 Å². The molecule has 0 radical (unpaired) electrons. The maximum Gasteiger partial charge on any atom is 0.268 e. The fourth-order valence-corrected chi connectivity index (χ4v) is 4.01. The van der Waals surface area contributed by atoms with Crippen molar-refractivity contribution in [2.75, 3.05) is 37.6 Å².